The van der Waals surface area contributed by atoms with Crippen molar-refractivity contribution in [2.45, 2.75) is 50.6 Å². The minimum absolute atomic E-state index is 0.0896. The highest BCUT2D eigenvalue weighted by atomic mass is 16.2. The normalized spacial score (nSPS) is 24.2. The van der Waals surface area contributed by atoms with Gasteiger partial charge in [-0.25, -0.2) is 0 Å². The number of carbonyl (C=O) groups excluding carboxylic acids is 4. The number of amides is 4. The maximum absolute atomic E-state index is 13.1. The van der Waals surface area contributed by atoms with E-state index in [9.17, 15) is 19.2 Å². The van der Waals surface area contributed by atoms with Gasteiger partial charge in [-0.3, -0.25) is 44.4 Å². The van der Waals surface area contributed by atoms with E-state index in [0.717, 1.165) is 64.0 Å². The minimum atomic E-state index is -0.975. The summed E-state index contributed by atoms with van der Waals surface area (Å²) in [7, 11) is 0. The van der Waals surface area contributed by atoms with E-state index < -0.39 is 29.7 Å². The molecule has 2 aliphatic carbocycles. The van der Waals surface area contributed by atoms with Gasteiger partial charge in [-0.2, -0.15) is 0 Å². The van der Waals surface area contributed by atoms with Gasteiger partial charge in [-0.05, 0) is 74.3 Å². The Bertz CT molecular complexity index is 1730. The SMILES string of the molecule is NC(=C(C=NC1CC(CNc2ccc3c(c2)C(=O)N(C2CCC(=O)NC2=O)C3=O)C1)c1nccc2cnccc12)C1CC1. The lowest BCUT2D eigenvalue weighted by atomic mass is 9.80. The van der Waals surface area contributed by atoms with Crippen LogP contribution >= 0.6 is 0 Å². The zero-order valence-electron chi connectivity index (χ0n) is 23.5. The molecule has 1 saturated heterocycles. The molecule has 4 heterocycles. The van der Waals surface area contributed by atoms with Crippen molar-refractivity contribution in [1.82, 2.24) is 20.2 Å². The molecule has 4 N–H and O–H groups in total. The van der Waals surface area contributed by atoms with Gasteiger partial charge < -0.3 is 11.1 Å². The molecule has 3 aromatic rings. The first-order chi connectivity index (χ1) is 20.9. The molecule has 0 bridgehead atoms. The fourth-order valence-corrected chi connectivity index (χ4v) is 6.13. The van der Waals surface area contributed by atoms with Crippen LogP contribution in [0.15, 0.2) is 59.6 Å². The topological polar surface area (TPSA) is 160 Å². The first-order valence-electron chi connectivity index (χ1n) is 14.7. The summed E-state index contributed by atoms with van der Waals surface area (Å²) in [6, 6.07) is 8.18. The van der Waals surface area contributed by atoms with Crippen molar-refractivity contribution in [3.8, 4) is 0 Å². The maximum Gasteiger partial charge on any atom is 0.262 e. The van der Waals surface area contributed by atoms with E-state index >= 15 is 0 Å². The summed E-state index contributed by atoms with van der Waals surface area (Å²) in [6.45, 7) is 0.703. The molecule has 43 heavy (non-hydrogen) atoms. The number of nitrogens with zero attached hydrogens (tertiary/aromatic N) is 4. The van der Waals surface area contributed by atoms with Crippen molar-refractivity contribution in [1.29, 1.82) is 0 Å². The summed E-state index contributed by atoms with van der Waals surface area (Å²) >= 11 is 0. The lowest BCUT2D eigenvalue weighted by Gasteiger charge is -2.33. The fourth-order valence-electron chi connectivity index (χ4n) is 6.13. The minimum Gasteiger partial charge on any atom is -0.401 e. The molecule has 3 fully saturated rings. The Labute approximate surface area is 247 Å². The third-order valence-corrected chi connectivity index (χ3v) is 8.81. The number of piperidine rings is 1. The lowest BCUT2D eigenvalue weighted by molar-refractivity contribution is -0.136. The van der Waals surface area contributed by atoms with Crippen LogP contribution < -0.4 is 16.4 Å². The average molecular weight is 578 g/mol. The van der Waals surface area contributed by atoms with Crippen molar-refractivity contribution in [3.63, 3.8) is 0 Å². The summed E-state index contributed by atoms with van der Waals surface area (Å²) in [5.41, 5.74) is 10.4. The Morgan fingerprint density at radius 2 is 1.86 bits per heavy atom. The third kappa shape index (κ3) is 5.04. The molecule has 0 spiro atoms. The van der Waals surface area contributed by atoms with Gasteiger partial charge in [0.1, 0.15) is 6.04 Å². The van der Waals surface area contributed by atoms with Crippen LogP contribution in [0, 0.1) is 11.8 Å². The number of nitrogens with one attached hydrogen (secondary N) is 2. The first kappa shape index (κ1) is 26.9. The van der Waals surface area contributed by atoms with Crippen molar-refractivity contribution >= 4 is 51.9 Å². The quantitative estimate of drug-likeness (QED) is 0.272. The highest BCUT2D eigenvalue weighted by Gasteiger charge is 2.44. The van der Waals surface area contributed by atoms with Gasteiger partial charge in [-0.1, -0.05) is 0 Å². The second kappa shape index (κ2) is 10.7. The molecule has 218 valence electrons. The number of imide groups is 2. The van der Waals surface area contributed by atoms with E-state index in [2.05, 4.69) is 20.6 Å². The number of benzene rings is 1. The smallest absolute Gasteiger partial charge is 0.262 e. The van der Waals surface area contributed by atoms with Gasteiger partial charge in [0.2, 0.25) is 11.8 Å². The van der Waals surface area contributed by atoms with Gasteiger partial charge in [0.15, 0.2) is 0 Å². The monoisotopic (exact) mass is 577 g/mol. The molecule has 4 amide bonds. The summed E-state index contributed by atoms with van der Waals surface area (Å²) in [5, 5.41) is 7.63. The van der Waals surface area contributed by atoms with Gasteiger partial charge >= 0.3 is 0 Å². The average Bonchev–Trinajstić information content (AvgIpc) is 3.81. The number of pyridine rings is 2. The zero-order valence-corrected chi connectivity index (χ0v) is 23.5. The highest BCUT2D eigenvalue weighted by Crippen LogP contribution is 2.38. The summed E-state index contributed by atoms with van der Waals surface area (Å²) in [4.78, 5) is 64.6. The first-order valence-corrected chi connectivity index (χ1v) is 14.7. The van der Waals surface area contributed by atoms with Gasteiger partial charge in [-0.15, -0.1) is 0 Å². The molecule has 4 aliphatic rings. The summed E-state index contributed by atoms with van der Waals surface area (Å²) in [5.74, 6) is -1.25. The highest BCUT2D eigenvalue weighted by molar-refractivity contribution is 6.23. The van der Waals surface area contributed by atoms with Crippen molar-refractivity contribution in [2.24, 2.45) is 22.6 Å². The number of carbonyl (C=O) groups is 4. The Kier molecular flexibility index (Phi) is 6.72. The van der Waals surface area contributed by atoms with Crippen molar-refractivity contribution < 1.29 is 19.2 Å². The van der Waals surface area contributed by atoms with E-state index in [1.165, 1.54) is 0 Å². The van der Waals surface area contributed by atoms with Crippen LogP contribution in [0.5, 0.6) is 0 Å². The molecule has 2 saturated carbocycles. The Morgan fingerprint density at radius 1 is 1.05 bits per heavy atom. The number of hydrogen-bond donors (Lipinski definition) is 3. The van der Waals surface area contributed by atoms with Crippen LogP contribution in [-0.2, 0) is 9.59 Å². The molecule has 11 heteroatoms. The number of aromatic nitrogens is 2. The number of nitrogens with two attached hydrogens (primary N) is 1. The van der Waals surface area contributed by atoms with Crippen LogP contribution in [0.4, 0.5) is 5.69 Å². The summed E-state index contributed by atoms with van der Waals surface area (Å²) in [6.07, 6.45) is 11.5. The molecule has 1 unspecified atom stereocenters. The van der Waals surface area contributed by atoms with Gasteiger partial charge in [0, 0.05) is 65.5 Å². The Morgan fingerprint density at radius 3 is 2.65 bits per heavy atom. The van der Waals surface area contributed by atoms with E-state index in [0.29, 0.717) is 18.4 Å². The third-order valence-electron chi connectivity index (χ3n) is 8.81. The maximum atomic E-state index is 13.1. The molecule has 7 rings (SSSR count). The van der Waals surface area contributed by atoms with Crippen LogP contribution in [0.1, 0.15) is 64.9 Å². The van der Waals surface area contributed by atoms with Crippen LogP contribution in [-0.4, -0.2) is 63.3 Å². The number of hydrogen-bond acceptors (Lipinski definition) is 9. The van der Waals surface area contributed by atoms with Gasteiger partial charge in [0.05, 0.1) is 22.9 Å². The van der Waals surface area contributed by atoms with Crippen LogP contribution in [0.2, 0.25) is 0 Å². The predicted octanol–water partition coefficient (Wildman–Crippen LogP) is 3.07. The van der Waals surface area contributed by atoms with Crippen LogP contribution in [0.25, 0.3) is 16.3 Å². The lowest BCUT2D eigenvalue weighted by Crippen LogP contribution is -2.54. The van der Waals surface area contributed by atoms with Gasteiger partial charge in [0.25, 0.3) is 11.8 Å². The summed E-state index contributed by atoms with van der Waals surface area (Å²) < 4.78 is 0. The van der Waals surface area contributed by atoms with Crippen molar-refractivity contribution in [2.75, 3.05) is 11.9 Å². The molecular weight excluding hydrogens is 546 g/mol. The number of fused-ring (bicyclic) bond motifs is 2. The second-order valence-electron chi connectivity index (χ2n) is 11.8. The number of allylic oxidation sites excluding steroid dienone is 2. The molecule has 11 nitrogen and oxygen atoms in total. The standard InChI is InChI=1S/C32H31N7O4/c33-28(18-1-2-18)25(29-22-8-9-34-15-19(22)7-10-35-29)16-37-21-11-17(12-21)14-36-20-3-4-23-24(13-20)32(43)39(31(23)42)26-5-6-27(40)38-30(26)41/h3-4,7-10,13,15-18,21,26,36H,1-2,5-6,11-12,14,33H2,(H,38,40,41). The molecule has 2 aliphatic heterocycles. The number of aliphatic imine (C=N–C) groups is 1. The second-order valence-corrected chi connectivity index (χ2v) is 11.8. The van der Waals surface area contributed by atoms with E-state index in [4.69, 9.17) is 10.7 Å². The fraction of sp³-hybridized carbons (Fsp3) is 0.344. The predicted molar refractivity (Wildman–Crippen MR) is 160 cm³/mol. The van der Waals surface area contributed by atoms with Crippen molar-refractivity contribution in [3.05, 3.63) is 71.4 Å². The number of anilines is 1. The van der Waals surface area contributed by atoms with Crippen LogP contribution in [0.3, 0.4) is 0 Å². The van der Waals surface area contributed by atoms with E-state index in [1.54, 1.807) is 30.6 Å². The Balaban J connectivity index is 0.982. The van der Waals surface area contributed by atoms with E-state index in [-0.39, 0.29) is 30.0 Å². The Hall–Kier alpha value is -4.93. The largest absolute Gasteiger partial charge is 0.401 e. The molecule has 1 atom stereocenters. The zero-order chi connectivity index (χ0) is 29.7. The van der Waals surface area contributed by atoms with E-state index in [1.807, 2.05) is 24.5 Å². The number of rotatable bonds is 8. The molecule has 1 aromatic carbocycles. The molecule has 0 radical (unpaired) electrons. The molecular formula is C32H31N7O4. The molecule has 2 aromatic heterocycles.